The summed E-state index contributed by atoms with van der Waals surface area (Å²) in [6.45, 7) is 1.90. The zero-order valence-electron chi connectivity index (χ0n) is 11.6. The third-order valence-electron chi connectivity index (χ3n) is 3.26. The van der Waals surface area contributed by atoms with Gasteiger partial charge < -0.3 is 9.84 Å². The van der Waals surface area contributed by atoms with E-state index >= 15 is 0 Å². The summed E-state index contributed by atoms with van der Waals surface area (Å²) < 4.78 is 5.66. The van der Waals surface area contributed by atoms with E-state index in [-0.39, 0.29) is 6.61 Å². The van der Waals surface area contributed by atoms with Crippen molar-refractivity contribution in [3.8, 4) is 11.8 Å². The number of carbonyl (C=O) groups is 1. The van der Waals surface area contributed by atoms with Crippen LogP contribution in [-0.2, 0) is 11.4 Å². The molecule has 0 saturated heterocycles. The SMILES string of the molecule is C[C@H](C(=O)O)c1cccc(OCc2ccccc2C#N)c1. The van der Waals surface area contributed by atoms with Crippen LogP contribution in [0.5, 0.6) is 5.75 Å². The highest BCUT2D eigenvalue weighted by atomic mass is 16.5. The molecule has 0 aliphatic rings. The molecule has 0 aromatic heterocycles. The molecule has 4 heteroatoms. The van der Waals surface area contributed by atoms with Crippen LogP contribution in [0.4, 0.5) is 0 Å². The van der Waals surface area contributed by atoms with Crippen LogP contribution in [-0.4, -0.2) is 11.1 Å². The Labute approximate surface area is 123 Å². The number of hydrogen-bond donors (Lipinski definition) is 1. The minimum atomic E-state index is -0.873. The normalized spacial score (nSPS) is 11.4. The fourth-order valence-electron chi connectivity index (χ4n) is 1.93. The van der Waals surface area contributed by atoms with Gasteiger partial charge in [-0.05, 0) is 30.7 Å². The summed E-state index contributed by atoms with van der Waals surface area (Å²) in [6, 6.07) is 16.4. The fraction of sp³-hybridized carbons (Fsp3) is 0.176. The number of carboxylic acid groups (broad SMARTS) is 1. The minimum absolute atomic E-state index is 0.272. The zero-order valence-corrected chi connectivity index (χ0v) is 11.6. The van der Waals surface area contributed by atoms with Gasteiger partial charge in [-0.25, -0.2) is 0 Å². The molecule has 2 aromatic carbocycles. The van der Waals surface area contributed by atoms with Gasteiger partial charge in [-0.15, -0.1) is 0 Å². The maximum atomic E-state index is 11.0. The van der Waals surface area contributed by atoms with Crippen LogP contribution in [0.25, 0.3) is 0 Å². The first kappa shape index (κ1) is 14.6. The van der Waals surface area contributed by atoms with Crippen molar-refractivity contribution in [2.45, 2.75) is 19.4 Å². The Bertz CT molecular complexity index is 688. The molecular weight excluding hydrogens is 266 g/mol. The summed E-state index contributed by atoms with van der Waals surface area (Å²) >= 11 is 0. The lowest BCUT2D eigenvalue weighted by atomic mass is 10.0. The first-order chi connectivity index (χ1) is 10.1. The van der Waals surface area contributed by atoms with Crippen LogP contribution in [0.15, 0.2) is 48.5 Å². The maximum Gasteiger partial charge on any atom is 0.310 e. The molecule has 0 heterocycles. The van der Waals surface area contributed by atoms with Crippen molar-refractivity contribution in [1.29, 1.82) is 5.26 Å². The number of benzene rings is 2. The van der Waals surface area contributed by atoms with Gasteiger partial charge in [0.1, 0.15) is 12.4 Å². The molecule has 1 N–H and O–H groups in total. The van der Waals surface area contributed by atoms with E-state index in [1.165, 1.54) is 0 Å². The topological polar surface area (TPSA) is 70.3 Å². The molecular formula is C17H15NO3. The molecule has 0 amide bonds. The molecule has 1 atom stereocenters. The van der Waals surface area contributed by atoms with Crippen LogP contribution in [0.1, 0.15) is 29.5 Å². The number of nitriles is 1. The van der Waals surface area contributed by atoms with Gasteiger partial charge in [-0.1, -0.05) is 30.3 Å². The number of rotatable bonds is 5. The van der Waals surface area contributed by atoms with Crippen LogP contribution >= 0.6 is 0 Å². The lowest BCUT2D eigenvalue weighted by Gasteiger charge is -2.11. The lowest BCUT2D eigenvalue weighted by Crippen LogP contribution is -2.07. The first-order valence-electron chi connectivity index (χ1n) is 6.55. The van der Waals surface area contributed by atoms with Gasteiger partial charge >= 0.3 is 5.97 Å². The van der Waals surface area contributed by atoms with Crippen molar-refractivity contribution in [3.05, 3.63) is 65.2 Å². The molecule has 2 aromatic rings. The molecule has 21 heavy (non-hydrogen) atoms. The van der Waals surface area contributed by atoms with Crippen molar-refractivity contribution >= 4 is 5.97 Å². The van der Waals surface area contributed by atoms with E-state index in [0.717, 1.165) is 5.56 Å². The highest BCUT2D eigenvalue weighted by Crippen LogP contribution is 2.22. The maximum absolute atomic E-state index is 11.0. The largest absolute Gasteiger partial charge is 0.489 e. The lowest BCUT2D eigenvalue weighted by molar-refractivity contribution is -0.138. The Hall–Kier alpha value is -2.80. The highest BCUT2D eigenvalue weighted by molar-refractivity contribution is 5.75. The second-order valence-corrected chi connectivity index (χ2v) is 4.69. The van der Waals surface area contributed by atoms with Crippen molar-refractivity contribution in [1.82, 2.24) is 0 Å². The van der Waals surface area contributed by atoms with Crippen molar-refractivity contribution < 1.29 is 14.6 Å². The van der Waals surface area contributed by atoms with Gasteiger partial charge in [-0.3, -0.25) is 4.79 Å². The zero-order chi connectivity index (χ0) is 15.2. The van der Waals surface area contributed by atoms with Gasteiger partial charge in [-0.2, -0.15) is 5.26 Å². The van der Waals surface area contributed by atoms with E-state index in [9.17, 15) is 4.79 Å². The number of hydrogen-bond acceptors (Lipinski definition) is 3. The van der Waals surface area contributed by atoms with Gasteiger partial charge in [0.15, 0.2) is 0 Å². The van der Waals surface area contributed by atoms with E-state index < -0.39 is 11.9 Å². The first-order valence-corrected chi connectivity index (χ1v) is 6.55. The number of aliphatic carboxylic acids is 1. The molecule has 0 unspecified atom stereocenters. The number of carboxylic acids is 1. The van der Waals surface area contributed by atoms with Gasteiger partial charge in [0.2, 0.25) is 0 Å². The van der Waals surface area contributed by atoms with E-state index in [4.69, 9.17) is 15.1 Å². The predicted molar refractivity (Wildman–Crippen MR) is 78.0 cm³/mol. The van der Waals surface area contributed by atoms with Crippen LogP contribution in [0, 0.1) is 11.3 Å². The third-order valence-corrected chi connectivity index (χ3v) is 3.26. The Balaban J connectivity index is 2.12. The molecule has 4 nitrogen and oxygen atoms in total. The number of nitrogens with zero attached hydrogens (tertiary/aromatic N) is 1. The molecule has 0 aliphatic carbocycles. The molecule has 106 valence electrons. The van der Waals surface area contributed by atoms with Crippen molar-refractivity contribution in [3.63, 3.8) is 0 Å². The predicted octanol–water partition coefficient (Wildman–Crippen LogP) is 3.33. The van der Waals surface area contributed by atoms with Gasteiger partial charge in [0, 0.05) is 5.56 Å². The highest BCUT2D eigenvalue weighted by Gasteiger charge is 2.14. The smallest absolute Gasteiger partial charge is 0.310 e. The van der Waals surface area contributed by atoms with Gasteiger partial charge in [0.25, 0.3) is 0 Å². The Morgan fingerprint density at radius 1 is 1.29 bits per heavy atom. The summed E-state index contributed by atoms with van der Waals surface area (Å²) in [6.07, 6.45) is 0. The molecule has 0 bridgehead atoms. The summed E-state index contributed by atoms with van der Waals surface area (Å²) in [5, 5.41) is 18.0. The Kier molecular flexibility index (Phi) is 4.57. The molecule has 0 radical (unpaired) electrons. The number of ether oxygens (including phenoxy) is 1. The molecule has 0 saturated carbocycles. The second kappa shape index (κ2) is 6.58. The van der Waals surface area contributed by atoms with Crippen LogP contribution in [0.3, 0.4) is 0 Å². The summed E-state index contributed by atoms with van der Waals surface area (Å²) in [7, 11) is 0. The standard InChI is InChI=1S/C17H15NO3/c1-12(17(19)20)13-7-4-8-16(9-13)21-11-15-6-3-2-5-14(15)10-18/h2-9,12H,11H2,1H3,(H,19,20)/t12-/m0/s1. The molecule has 0 aliphatic heterocycles. The van der Waals surface area contributed by atoms with Gasteiger partial charge in [0.05, 0.1) is 17.6 Å². The molecule has 0 fully saturated rings. The second-order valence-electron chi connectivity index (χ2n) is 4.69. The van der Waals surface area contributed by atoms with Crippen LogP contribution < -0.4 is 4.74 Å². The van der Waals surface area contributed by atoms with Crippen LogP contribution in [0.2, 0.25) is 0 Å². The summed E-state index contributed by atoms with van der Waals surface area (Å²) in [4.78, 5) is 11.0. The third kappa shape index (κ3) is 3.61. The van der Waals surface area contributed by atoms with E-state index in [2.05, 4.69) is 6.07 Å². The summed E-state index contributed by atoms with van der Waals surface area (Å²) in [5.41, 5.74) is 2.07. The Morgan fingerprint density at radius 3 is 2.76 bits per heavy atom. The molecule has 0 spiro atoms. The van der Waals surface area contributed by atoms with E-state index in [1.54, 1.807) is 43.3 Å². The van der Waals surface area contributed by atoms with Crippen molar-refractivity contribution in [2.24, 2.45) is 0 Å². The minimum Gasteiger partial charge on any atom is -0.489 e. The molecule has 2 rings (SSSR count). The average Bonchev–Trinajstić information content (AvgIpc) is 2.52. The van der Waals surface area contributed by atoms with Crippen molar-refractivity contribution in [2.75, 3.05) is 0 Å². The van der Waals surface area contributed by atoms with E-state index in [1.807, 2.05) is 12.1 Å². The summed E-state index contributed by atoms with van der Waals surface area (Å²) in [5.74, 6) is -0.865. The van der Waals surface area contributed by atoms with E-state index in [0.29, 0.717) is 16.9 Å². The fourth-order valence-corrected chi connectivity index (χ4v) is 1.93. The monoisotopic (exact) mass is 281 g/mol. The Morgan fingerprint density at radius 2 is 2.05 bits per heavy atom. The average molecular weight is 281 g/mol. The quantitative estimate of drug-likeness (QED) is 0.912.